The Balaban J connectivity index is 0.697. The number of aromatic nitrogens is 4. The average Bonchev–Trinajstić information content (AvgIpc) is 1.55. The predicted octanol–water partition coefficient (Wildman–Crippen LogP) is 11.8. The first-order chi connectivity index (χ1) is 44.9. The van der Waals surface area contributed by atoms with E-state index >= 15 is 9.18 Å². The average molecular weight is 1300 g/mol. The van der Waals surface area contributed by atoms with Crippen molar-refractivity contribution in [3.8, 4) is 21.7 Å². The molecule has 1 spiro atoms. The third-order valence-corrected chi connectivity index (χ3v) is 21.2. The van der Waals surface area contributed by atoms with Gasteiger partial charge in [0.05, 0.1) is 56.9 Å². The third-order valence-electron chi connectivity index (χ3n) is 20.2. The van der Waals surface area contributed by atoms with Gasteiger partial charge in [-0.1, -0.05) is 82.9 Å². The van der Waals surface area contributed by atoms with E-state index in [0.717, 1.165) is 83.7 Å². The molecule has 0 radical (unpaired) electrons. The number of aliphatic hydroxyl groups excluding tert-OH is 1. The topological polar surface area (TPSA) is 227 Å². The van der Waals surface area contributed by atoms with Crippen LogP contribution in [0.2, 0.25) is 0 Å². The first-order valence-corrected chi connectivity index (χ1v) is 35.1. The Bertz CT molecular complexity index is 3780. The molecule has 6 aromatic rings. The van der Waals surface area contributed by atoms with Gasteiger partial charge in [0.15, 0.2) is 5.82 Å². The molecule has 0 bridgehead atoms. The molecule has 11 rings (SSSR count). The second-order valence-corrected chi connectivity index (χ2v) is 29.6. The molecule has 21 heteroatoms. The summed E-state index contributed by atoms with van der Waals surface area (Å²) < 4.78 is 18.0. The number of fused-ring (bicyclic) bond motifs is 3. The van der Waals surface area contributed by atoms with Crippen LogP contribution in [-0.4, -0.2) is 144 Å². The predicted molar refractivity (Wildman–Crippen MR) is 366 cm³/mol. The van der Waals surface area contributed by atoms with Crippen LogP contribution in [0.1, 0.15) is 197 Å². The van der Waals surface area contributed by atoms with Crippen LogP contribution in [0.4, 0.5) is 21.6 Å². The SMILES string of the molecule is Cc1cc(F)c(Nc2nc(-c3ccc4c(c3)N(C3CC(N5CCCCC5)C3)C(=O)C43CCN(C(=O)CCCCCCCC(=O)N[C@H](C(=O)N4C[C@H](O)C[C@H]4C(=O)N[C@@H](C)c4ccc(-c5scnc5C)cc4)C(C)(C)C)CC3)cc3ncn(C(C)C)c23)cc1C(=O)NC(C)C. The van der Waals surface area contributed by atoms with E-state index in [1.54, 1.807) is 24.6 Å². The molecule has 19 nitrogen and oxygen atoms in total. The van der Waals surface area contributed by atoms with Gasteiger partial charge in [0, 0.05) is 79.9 Å². The monoisotopic (exact) mass is 1300 g/mol. The fourth-order valence-corrected chi connectivity index (χ4v) is 15.6. The molecule has 94 heavy (non-hydrogen) atoms. The van der Waals surface area contributed by atoms with E-state index in [4.69, 9.17) is 9.97 Å². The van der Waals surface area contributed by atoms with Gasteiger partial charge in [0.25, 0.3) is 5.91 Å². The number of nitrogens with one attached hydrogen (secondary N) is 4. The number of thiazole rings is 1. The zero-order valence-electron chi connectivity index (χ0n) is 56.4. The molecule has 3 aromatic carbocycles. The number of benzene rings is 3. The van der Waals surface area contributed by atoms with Crippen molar-refractivity contribution in [2.45, 2.75) is 219 Å². The number of aryl methyl sites for hydroxylation is 2. The Morgan fingerprint density at radius 3 is 2.15 bits per heavy atom. The minimum atomic E-state index is -0.920. The van der Waals surface area contributed by atoms with E-state index in [-0.39, 0.29) is 78.8 Å². The molecule has 1 aliphatic carbocycles. The molecule has 6 amide bonds. The van der Waals surface area contributed by atoms with Crippen LogP contribution in [0.15, 0.2) is 72.5 Å². The summed E-state index contributed by atoms with van der Waals surface area (Å²) in [6, 6.07) is 17.2. The summed E-state index contributed by atoms with van der Waals surface area (Å²) in [7, 11) is 0. The smallest absolute Gasteiger partial charge is 0.251 e. The molecular weight excluding hydrogens is 1210 g/mol. The lowest BCUT2D eigenvalue weighted by atomic mass is 9.73. The van der Waals surface area contributed by atoms with Gasteiger partial charge < -0.3 is 50.5 Å². The largest absolute Gasteiger partial charge is 0.391 e. The Morgan fingerprint density at radius 1 is 0.787 bits per heavy atom. The molecule has 5 aliphatic rings. The fraction of sp³-hybridized carbons (Fsp3) is 0.548. The molecule has 5 N–H and O–H groups in total. The first kappa shape index (κ1) is 67.8. The maximum atomic E-state index is 16.0. The minimum Gasteiger partial charge on any atom is -0.391 e. The molecule has 4 fully saturated rings. The van der Waals surface area contributed by atoms with Crippen LogP contribution < -0.4 is 26.2 Å². The number of piperidine rings is 2. The number of unbranched alkanes of at least 4 members (excludes halogenated alkanes) is 4. The first-order valence-electron chi connectivity index (χ1n) is 34.2. The number of halogens is 1. The maximum Gasteiger partial charge on any atom is 0.251 e. The summed E-state index contributed by atoms with van der Waals surface area (Å²) in [6.07, 6.45) is 11.8. The van der Waals surface area contributed by atoms with Crippen LogP contribution in [0.5, 0.6) is 0 Å². The minimum absolute atomic E-state index is 0.00561. The lowest BCUT2D eigenvalue weighted by Crippen LogP contribution is -2.58. The highest BCUT2D eigenvalue weighted by atomic mass is 32.1. The highest BCUT2D eigenvalue weighted by molar-refractivity contribution is 7.13. The van der Waals surface area contributed by atoms with Crippen molar-refractivity contribution in [2.24, 2.45) is 5.41 Å². The van der Waals surface area contributed by atoms with Gasteiger partial charge in [-0.3, -0.25) is 28.8 Å². The fourth-order valence-electron chi connectivity index (χ4n) is 14.8. The molecular formula is C73H95FN12O7S. The summed E-state index contributed by atoms with van der Waals surface area (Å²) in [6.45, 7) is 22.2. The number of hydrogen-bond donors (Lipinski definition) is 5. The summed E-state index contributed by atoms with van der Waals surface area (Å²) in [4.78, 5) is 108. The van der Waals surface area contributed by atoms with E-state index in [2.05, 4.69) is 48.2 Å². The number of aliphatic hydroxyl groups is 1. The van der Waals surface area contributed by atoms with Crippen molar-refractivity contribution in [1.29, 1.82) is 0 Å². The van der Waals surface area contributed by atoms with Crippen molar-refractivity contribution in [3.05, 3.63) is 106 Å². The number of rotatable bonds is 22. The second-order valence-electron chi connectivity index (χ2n) is 28.8. The van der Waals surface area contributed by atoms with Crippen LogP contribution in [0, 0.1) is 25.1 Å². The van der Waals surface area contributed by atoms with E-state index in [1.807, 2.05) is 114 Å². The van der Waals surface area contributed by atoms with Crippen molar-refractivity contribution >= 4 is 75.0 Å². The van der Waals surface area contributed by atoms with E-state index in [0.29, 0.717) is 84.9 Å². The number of β-amino-alcohol motifs (C(OH)–C–C–N with tert-alkyl or cyclic N) is 1. The number of imidazole rings is 1. The second kappa shape index (κ2) is 28.4. The molecule has 7 heterocycles. The zero-order valence-corrected chi connectivity index (χ0v) is 57.3. The molecule has 0 unspecified atom stereocenters. The molecule has 502 valence electrons. The summed E-state index contributed by atoms with van der Waals surface area (Å²) >= 11 is 1.57. The van der Waals surface area contributed by atoms with E-state index < -0.39 is 40.7 Å². The number of carbonyl (C=O) groups is 6. The van der Waals surface area contributed by atoms with Crippen molar-refractivity contribution in [2.75, 3.05) is 42.9 Å². The highest BCUT2D eigenvalue weighted by Gasteiger charge is 2.56. The highest BCUT2D eigenvalue weighted by Crippen LogP contribution is 2.52. The molecule has 3 aromatic heterocycles. The van der Waals surface area contributed by atoms with Gasteiger partial charge in [-0.25, -0.2) is 19.3 Å². The van der Waals surface area contributed by atoms with Gasteiger partial charge in [-0.2, -0.15) is 0 Å². The lowest BCUT2D eigenvalue weighted by Gasteiger charge is -2.48. The van der Waals surface area contributed by atoms with Gasteiger partial charge in [-0.05, 0) is 165 Å². The molecule has 1 saturated carbocycles. The van der Waals surface area contributed by atoms with Gasteiger partial charge in [0.1, 0.15) is 23.4 Å². The van der Waals surface area contributed by atoms with Crippen LogP contribution >= 0.6 is 11.3 Å². The van der Waals surface area contributed by atoms with Gasteiger partial charge in [-0.15, -0.1) is 11.3 Å². The van der Waals surface area contributed by atoms with Crippen molar-refractivity contribution in [3.63, 3.8) is 0 Å². The summed E-state index contributed by atoms with van der Waals surface area (Å²) in [5, 5.41) is 23.0. The van der Waals surface area contributed by atoms with E-state index in [1.165, 1.54) is 36.3 Å². The number of nitrogens with zero attached hydrogens (tertiary/aromatic N) is 8. The number of pyridine rings is 1. The van der Waals surface area contributed by atoms with Crippen LogP contribution in [0.3, 0.4) is 0 Å². The Kier molecular flexibility index (Phi) is 20.5. The number of likely N-dealkylation sites (tertiary alicyclic amines) is 3. The van der Waals surface area contributed by atoms with Crippen molar-refractivity contribution in [1.82, 2.24) is 50.2 Å². The number of anilines is 3. The number of amides is 6. The van der Waals surface area contributed by atoms with E-state index in [9.17, 15) is 29.1 Å². The maximum absolute atomic E-state index is 16.0. The molecule has 4 atom stereocenters. The Labute approximate surface area is 556 Å². The van der Waals surface area contributed by atoms with Crippen LogP contribution in [-0.2, 0) is 29.4 Å². The Hall–Kier alpha value is -7.62. The van der Waals surface area contributed by atoms with Gasteiger partial charge in [0.2, 0.25) is 29.5 Å². The normalized spacial score (nSPS) is 20.4. The zero-order chi connectivity index (χ0) is 66.9. The van der Waals surface area contributed by atoms with Crippen LogP contribution in [0.25, 0.3) is 32.7 Å². The molecule has 4 aliphatic heterocycles. The summed E-state index contributed by atoms with van der Waals surface area (Å²) in [5.74, 6) is -1.27. The Morgan fingerprint density at radius 2 is 1.48 bits per heavy atom. The van der Waals surface area contributed by atoms with Crippen molar-refractivity contribution < 1.29 is 38.3 Å². The standard InChI is InChI=1S/C73H95FN12O7S/c1-43(2)77-68(90)54-38-58(56(74)33-45(54)5)80-67-64-59(75-41-85(64)44(3)4)39-57(79-67)50-25-26-55-60(34-50)86(52-35-51(36-52)82-29-17-14-18-30-82)71(93)73(55)27-31-83(32-28-73)63(89)20-16-13-11-12-15-19-62(88)81-66(72(8,9)10)70(92)84-40-53(87)37-61(84)69(91)78-46(6)48-21-23-49(24-22-48)65-47(7)76-42-94-65/h21-26,33-34,38-39,41-44,46,51-53,61,66,87H,11-20,27-32,35-37,40H2,1-10H3,(H,77,90)(H,78,91)(H,79,80)(H,81,88)/t46-,51?,52?,53+,61-,66+/m0/s1. The molecule has 3 saturated heterocycles. The summed E-state index contributed by atoms with van der Waals surface area (Å²) in [5.41, 5.74) is 8.82. The quantitative estimate of drug-likeness (QED) is 0.0400. The lowest BCUT2D eigenvalue weighted by molar-refractivity contribution is -0.144. The number of hydrogen-bond acceptors (Lipinski definition) is 13. The van der Waals surface area contributed by atoms with Gasteiger partial charge >= 0.3 is 0 Å². The third kappa shape index (κ3) is 14.3. The number of carbonyl (C=O) groups excluding carboxylic acids is 6.